The predicted octanol–water partition coefficient (Wildman–Crippen LogP) is 4.94. The van der Waals surface area contributed by atoms with Gasteiger partial charge in [-0.3, -0.25) is 0 Å². The number of methoxy groups -OCH3 is 1. The third-order valence-corrected chi connectivity index (χ3v) is 3.19. The van der Waals surface area contributed by atoms with Gasteiger partial charge in [0.2, 0.25) is 0 Å². The van der Waals surface area contributed by atoms with Crippen LogP contribution in [0.3, 0.4) is 0 Å². The van der Waals surface area contributed by atoms with Gasteiger partial charge in [0.25, 0.3) is 0 Å². The fourth-order valence-electron chi connectivity index (χ4n) is 1.90. The summed E-state index contributed by atoms with van der Waals surface area (Å²) in [5.74, 6) is 0.884. The van der Waals surface area contributed by atoms with Crippen molar-refractivity contribution in [2.24, 2.45) is 0 Å². The minimum Gasteiger partial charge on any atom is -0.496 e. The smallest absolute Gasteiger partial charge is 0.124 e. The van der Waals surface area contributed by atoms with Gasteiger partial charge in [-0.1, -0.05) is 53.1 Å². The molecule has 96 valence electrons. The van der Waals surface area contributed by atoms with Crippen LogP contribution in [0.2, 0.25) is 5.02 Å². The van der Waals surface area contributed by atoms with Crippen LogP contribution in [0.15, 0.2) is 12.1 Å². The molecule has 17 heavy (non-hydrogen) atoms. The molecular weight excluding hydrogens is 232 g/mol. The summed E-state index contributed by atoms with van der Waals surface area (Å²) < 4.78 is 5.50. The van der Waals surface area contributed by atoms with Crippen LogP contribution in [-0.2, 0) is 10.8 Å². The Bertz CT molecular complexity index is 408. The molecule has 0 bridgehead atoms. The minimum absolute atomic E-state index is 0.0150. The van der Waals surface area contributed by atoms with Gasteiger partial charge in [0, 0.05) is 10.6 Å². The number of hydrogen-bond acceptors (Lipinski definition) is 1. The van der Waals surface area contributed by atoms with Crippen molar-refractivity contribution in [3.63, 3.8) is 0 Å². The van der Waals surface area contributed by atoms with E-state index in [4.69, 9.17) is 16.3 Å². The lowest BCUT2D eigenvalue weighted by molar-refractivity contribution is 0.395. The summed E-state index contributed by atoms with van der Waals surface area (Å²) in [5.41, 5.74) is 2.34. The van der Waals surface area contributed by atoms with Crippen molar-refractivity contribution in [3.8, 4) is 5.75 Å². The second-order valence-electron chi connectivity index (χ2n) is 6.54. The summed E-state index contributed by atoms with van der Waals surface area (Å²) >= 11 is 6.42. The van der Waals surface area contributed by atoms with Crippen LogP contribution < -0.4 is 4.74 Å². The van der Waals surface area contributed by atoms with Crippen molar-refractivity contribution in [2.75, 3.05) is 7.11 Å². The fourth-order valence-corrected chi connectivity index (χ4v) is 2.40. The average molecular weight is 255 g/mol. The SMILES string of the molecule is COc1cc(C(C)(C)C)cc(Cl)c1C(C)(C)C. The van der Waals surface area contributed by atoms with E-state index in [-0.39, 0.29) is 10.8 Å². The summed E-state index contributed by atoms with van der Waals surface area (Å²) in [5, 5.41) is 0.793. The lowest BCUT2D eigenvalue weighted by atomic mass is 9.81. The summed E-state index contributed by atoms with van der Waals surface area (Å²) in [6.45, 7) is 13.0. The zero-order chi connectivity index (χ0) is 13.4. The van der Waals surface area contributed by atoms with E-state index >= 15 is 0 Å². The Morgan fingerprint density at radius 2 is 1.47 bits per heavy atom. The van der Waals surface area contributed by atoms with Gasteiger partial charge in [0.15, 0.2) is 0 Å². The zero-order valence-corrected chi connectivity index (χ0v) is 12.7. The molecule has 0 saturated heterocycles. The minimum atomic E-state index is -0.0150. The lowest BCUT2D eigenvalue weighted by Gasteiger charge is -2.27. The molecule has 0 aliphatic heterocycles. The molecule has 1 nitrogen and oxygen atoms in total. The van der Waals surface area contributed by atoms with Gasteiger partial charge in [-0.2, -0.15) is 0 Å². The number of halogens is 1. The highest BCUT2D eigenvalue weighted by molar-refractivity contribution is 6.31. The highest BCUT2D eigenvalue weighted by Gasteiger charge is 2.25. The Hall–Kier alpha value is -0.690. The molecule has 0 saturated carbocycles. The first-order valence-electron chi connectivity index (χ1n) is 5.96. The second-order valence-corrected chi connectivity index (χ2v) is 6.94. The van der Waals surface area contributed by atoms with Crippen molar-refractivity contribution in [2.45, 2.75) is 52.4 Å². The highest BCUT2D eigenvalue weighted by atomic mass is 35.5. The Balaban J connectivity index is 3.47. The van der Waals surface area contributed by atoms with Crippen LogP contribution >= 0.6 is 11.6 Å². The van der Waals surface area contributed by atoms with Crippen LogP contribution in [0.25, 0.3) is 0 Å². The second kappa shape index (κ2) is 4.53. The Labute approximate surface area is 110 Å². The van der Waals surface area contributed by atoms with Crippen molar-refractivity contribution < 1.29 is 4.74 Å². The average Bonchev–Trinajstić information content (AvgIpc) is 2.12. The number of benzene rings is 1. The number of ether oxygens (including phenoxy) is 1. The van der Waals surface area contributed by atoms with Gasteiger partial charge in [-0.05, 0) is 28.5 Å². The molecule has 0 unspecified atom stereocenters. The van der Waals surface area contributed by atoms with Gasteiger partial charge >= 0.3 is 0 Å². The van der Waals surface area contributed by atoms with E-state index in [2.05, 4.69) is 53.7 Å². The van der Waals surface area contributed by atoms with E-state index < -0.39 is 0 Å². The van der Waals surface area contributed by atoms with E-state index in [1.54, 1.807) is 7.11 Å². The summed E-state index contributed by atoms with van der Waals surface area (Å²) in [4.78, 5) is 0. The molecule has 0 radical (unpaired) electrons. The van der Waals surface area contributed by atoms with E-state index in [1.807, 2.05) is 0 Å². The number of rotatable bonds is 1. The molecule has 0 spiro atoms. The standard InChI is InChI=1S/C15H23ClO/c1-14(2,3)10-8-11(16)13(15(4,5)6)12(9-10)17-7/h8-9H,1-7H3. The van der Waals surface area contributed by atoms with Crippen molar-refractivity contribution in [1.82, 2.24) is 0 Å². The molecule has 0 aliphatic rings. The molecule has 0 fully saturated rings. The first-order valence-corrected chi connectivity index (χ1v) is 6.33. The van der Waals surface area contributed by atoms with E-state index in [0.29, 0.717) is 0 Å². The quantitative estimate of drug-likeness (QED) is 0.690. The van der Waals surface area contributed by atoms with Gasteiger partial charge in [-0.15, -0.1) is 0 Å². The predicted molar refractivity (Wildman–Crippen MR) is 75.4 cm³/mol. The lowest BCUT2D eigenvalue weighted by Crippen LogP contribution is -2.17. The molecule has 0 N–H and O–H groups in total. The molecule has 1 aromatic rings. The Morgan fingerprint density at radius 1 is 0.941 bits per heavy atom. The molecule has 0 aromatic heterocycles. The van der Waals surface area contributed by atoms with Gasteiger partial charge in [-0.25, -0.2) is 0 Å². The van der Waals surface area contributed by atoms with Gasteiger partial charge < -0.3 is 4.74 Å². The molecule has 1 aromatic carbocycles. The third-order valence-electron chi connectivity index (χ3n) is 2.89. The largest absolute Gasteiger partial charge is 0.496 e. The molecule has 2 heteroatoms. The first-order chi connectivity index (χ1) is 7.57. The first kappa shape index (κ1) is 14.4. The maximum Gasteiger partial charge on any atom is 0.124 e. The maximum atomic E-state index is 6.42. The van der Waals surface area contributed by atoms with Crippen LogP contribution in [0, 0.1) is 0 Å². The number of hydrogen-bond donors (Lipinski definition) is 0. The van der Waals surface area contributed by atoms with E-state index in [0.717, 1.165) is 16.3 Å². The van der Waals surface area contributed by atoms with Crippen LogP contribution in [0.4, 0.5) is 0 Å². The molecule has 0 heterocycles. The van der Waals surface area contributed by atoms with Crippen LogP contribution in [-0.4, -0.2) is 7.11 Å². The summed E-state index contributed by atoms with van der Waals surface area (Å²) in [6, 6.07) is 4.16. The summed E-state index contributed by atoms with van der Waals surface area (Å²) in [7, 11) is 1.70. The Morgan fingerprint density at radius 3 is 1.82 bits per heavy atom. The monoisotopic (exact) mass is 254 g/mol. The topological polar surface area (TPSA) is 9.23 Å². The third kappa shape index (κ3) is 3.16. The van der Waals surface area contributed by atoms with Crippen molar-refractivity contribution in [3.05, 3.63) is 28.3 Å². The van der Waals surface area contributed by atoms with E-state index in [9.17, 15) is 0 Å². The molecule has 0 amide bonds. The fraction of sp³-hybridized carbons (Fsp3) is 0.600. The normalized spacial score (nSPS) is 12.7. The molecular formula is C15H23ClO. The van der Waals surface area contributed by atoms with Crippen LogP contribution in [0.1, 0.15) is 52.7 Å². The van der Waals surface area contributed by atoms with Gasteiger partial charge in [0.1, 0.15) is 5.75 Å². The van der Waals surface area contributed by atoms with Crippen molar-refractivity contribution >= 4 is 11.6 Å². The molecule has 0 aliphatic carbocycles. The maximum absolute atomic E-state index is 6.42. The van der Waals surface area contributed by atoms with Gasteiger partial charge in [0.05, 0.1) is 7.11 Å². The van der Waals surface area contributed by atoms with E-state index in [1.165, 1.54) is 5.56 Å². The highest BCUT2D eigenvalue weighted by Crippen LogP contribution is 2.40. The van der Waals surface area contributed by atoms with Crippen LogP contribution in [0.5, 0.6) is 5.75 Å². The molecule has 1 rings (SSSR count). The Kier molecular flexibility index (Phi) is 3.83. The van der Waals surface area contributed by atoms with Crippen molar-refractivity contribution in [1.29, 1.82) is 0 Å². The molecule has 0 atom stereocenters. The summed E-state index contributed by atoms with van der Waals surface area (Å²) in [6.07, 6.45) is 0. The zero-order valence-electron chi connectivity index (χ0n) is 11.9.